The smallest absolute Gasteiger partial charge is 0.336 e. The molecule has 114 valence electrons. The highest BCUT2D eigenvalue weighted by atomic mass is 16.5. The first-order valence-electron chi connectivity index (χ1n) is 6.76. The Morgan fingerprint density at radius 3 is 2.18 bits per heavy atom. The van der Waals surface area contributed by atoms with Crippen molar-refractivity contribution in [3.8, 4) is 5.75 Å². The van der Waals surface area contributed by atoms with Gasteiger partial charge in [-0.3, -0.25) is 0 Å². The Morgan fingerprint density at radius 1 is 1.00 bits per heavy atom. The minimum absolute atomic E-state index is 0.170. The zero-order valence-electron chi connectivity index (χ0n) is 12.5. The topological polar surface area (TPSA) is 63.6 Å². The van der Waals surface area contributed by atoms with Crippen molar-refractivity contribution in [3.05, 3.63) is 72.4 Å². The number of benzene rings is 1. The molecule has 1 aromatic rings. The second-order valence-corrected chi connectivity index (χ2v) is 4.24. The third-order valence-corrected chi connectivity index (χ3v) is 2.61. The van der Waals surface area contributed by atoms with Gasteiger partial charge in [-0.05, 0) is 37.6 Å². The number of carbonyl (C=O) groups excluding carboxylic acids is 1. The second kappa shape index (κ2) is 9.13. The van der Waals surface area contributed by atoms with E-state index in [4.69, 9.17) is 4.74 Å². The standard InChI is InChI=1S/C18H18O4/c1-3-5-7-9-17(19)22-15-12-10-14(11-13-15)16(18(20)21)8-6-4-2/h3-13H,1-2H3,(H,20,21). The summed E-state index contributed by atoms with van der Waals surface area (Å²) in [6, 6.07) is 6.32. The number of hydrogen-bond donors (Lipinski definition) is 1. The van der Waals surface area contributed by atoms with Gasteiger partial charge >= 0.3 is 11.9 Å². The van der Waals surface area contributed by atoms with E-state index in [-0.39, 0.29) is 5.57 Å². The van der Waals surface area contributed by atoms with Gasteiger partial charge < -0.3 is 9.84 Å². The number of rotatable bonds is 6. The number of carboxylic acid groups (broad SMARTS) is 1. The van der Waals surface area contributed by atoms with Gasteiger partial charge in [0.05, 0.1) is 5.57 Å². The maximum absolute atomic E-state index is 11.5. The lowest BCUT2D eigenvalue weighted by Gasteiger charge is -2.04. The third-order valence-electron chi connectivity index (χ3n) is 2.61. The van der Waals surface area contributed by atoms with E-state index in [0.717, 1.165) is 0 Å². The van der Waals surface area contributed by atoms with Crippen molar-refractivity contribution in [3.63, 3.8) is 0 Å². The van der Waals surface area contributed by atoms with Crippen LogP contribution in [-0.2, 0) is 9.59 Å². The van der Waals surface area contributed by atoms with Gasteiger partial charge in [-0.25, -0.2) is 9.59 Å². The van der Waals surface area contributed by atoms with Crippen LogP contribution in [0.4, 0.5) is 0 Å². The highest BCUT2D eigenvalue weighted by Gasteiger charge is 2.09. The van der Waals surface area contributed by atoms with Gasteiger partial charge in [0.2, 0.25) is 0 Å². The summed E-state index contributed by atoms with van der Waals surface area (Å²) in [4.78, 5) is 22.7. The van der Waals surface area contributed by atoms with Gasteiger partial charge in [0.15, 0.2) is 0 Å². The van der Waals surface area contributed by atoms with Crippen LogP contribution >= 0.6 is 0 Å². The predicted molar refractivity (Wildman–Crippen MR) is 86.5 cm³/mol. The van der Waals surface area contributed by atoms with Gasteiger partial charge in [-0.2, -0.15) is 0 Å². The maximum atomic E-state index is 11.5. The molecule has 0 saturated heterocycles. The molecule has 0 bridgehead atoms. The molecule has 22 heavy (non-hydrogen) atoms. The molecule has 1 aromatic carbocycles. The third kappa shape index (κ3) is 5.63. The maximum Gasteiger partial charge on any atom is 0.336 e. The van der Waals surface area contributed by atoms with E-state index >= 15 is 0 Å². The monoisotopic (exact) mass is 298 g/mol. The van der Waals surface area contributed by atoms with E-state index in [0.29, 0.717) is 11.3 Å². The van der Waals surface area contributed by atoms with Gasteiger partial charge in [0, 0.05) is 6.08 Å². The molecule has 0 saturated carbocycles. The molecule has 0 unspecified atom stereocenters. The lowest BCUT2D eigenvalue weighted by atomic mass is 10.1. The largest absolute Gasteiger partial charge is 0.478 e. The zero-order valence-corrected chi connectivity index (χ0v) is 12.5. The number of carboxylic acids is 1. The Balaban J connectivity index is 2.86. The molecule has 4 nitrogen and oxygen atoms in total. The zero-order chi connectivity index (χ0) is 16.4. The summed E-state index contributed by atoms with van der Waals surface area (Å²) in [6.45, 7) is 3.65. The fourth-order valence-corrected chi connectivity index (χ4v) is 1.58. The highest BCUT2D eigenvalue weighted by Crippen LogP contribution is 2.19. The van der Waals surface area contributed by atoms with Crippen LogP contribution in [0.1, 0.15) is 19.4 Å². The average molecular weight is 298 g/mol. The Kier molecular flexibility index (Phi) is 7.13. The number of aliphatic carboxylic acids is 1. The quantitative estimate of drug-likeness (QED) is 0.376. The number of ether oxygens (including phenoxy) is 1. The Hall–Kier alpha value is -2.88. The summed E-state index contributed by atoms with van der Waals surface area (Å²) in [5, 5.41) is 9.19. The summed E-state index contributed by atoms with van der Waals surface area (Å²) in [7, 11) is 0. The Bertz CT molecular complexity index is 632. The molecule has 0 atom stereocenters. The normalized spacial score (nSPS) is 12.4. The fourth-order valence-electron chi connectivity index (χ4n) is 1.58. The molecule has 0 radical (unpaired) electrons. The van der Waals surface area contributed by atoms with Crippen LogP contribution in [0, 0.1) is 0 Å². The predicted octanol–water partition coefficient (Wildman–Crippen LogP) is 3.77. The molecule has 0 amide bonds. The molecular formula is C18H18O4. The Labute approximate surface area is 129 Å². The van der Waals surface area contributed by atoms with Crippen molar-refractivity contribution in [1.82, 2.24) is 0 Å². The molecule has 0 fully saturated rings. The molecule has 0 aromatic heterocycles. The van der Waals surface area contributed by atoms with Crippen LogP contribution in [0.5, 0.6) is 5.75 Å². The van der Waals surface area contributed by atoms with Gasteiger partial charge in [-0.1, -0.05) is 42.5 Å². The number of allylic oxidation sites excluding steroid dienone is 6. The number of hydrogen-bond acceptors (Lipinski definition) is 3. The summed E-state index contributed by atoms with van der Waals surface area (Å²) in [5.74, 6) is -1.15. The molecule has 4 heteroatoms. The molecule has 0 aliphatic rings. The average Bonchev–Trinajstić information content (AvgIpc) is 2.49. The van der Waals surface area contributed by atoms with Gasteiger partial charge in [-0.15, -0.1) is 0 Å². The van der Waals surface area contributed by atoms with E-state index in [1.807, 2.05) is 6.92 Å². The molecular weight excluding hydrogens is 280 g/mol. The first-order chi connectivity index (χ1) is 10.6. The molecule has 1 rings (SSSR count). The number of esters is 1. The molecule has 0 spiro atoms. The molecule has 0 aliphatic carbocycles. The minimum Gasteiger partial charge on any atom is -0.478 e. The van der Waals surface area contributed by atoms with Gasteiger partial charge in [0.1, 0.15) is 5.75 Å². The van der Waals surface area contributed by atoms with Crippen molar-refractivity contribution in [1.29, 1.82) is 0 Å². The van der Waals surface area contributed by atoms with Crippen molar-refractivity contribution in [2.45, 2.75) is 13.8 Å². The summed E-state index contributed by atoms with van der Waals surface area (Å²) < 4.78 is 5.10. The molecule has 1 N–H and O–H groups in total. The SMILES string of the molecule is CC=CC=CC(=O)Oc1ccc(C(=CC=CC)C(=O)O)cc1. The summed E-state index contributed by atoms with van der Waals surface area (Å²) in [5.41, 5.74) is 0.707. The molecule has 0 aliphatic heterocycles. The lowest BCUT2D eigenvalue weighted by molar-refractivity contribution is -0.130. The van der Waals surface area contributed by atoms with Gasteiger partial charge in [0.25, 0.3) is 0 Å². The Morgan fingerprint density at radius 2 is 1.64 bits per heavy atom. The van der Waals surface area contributed by atoms with Crippen LogP contribution in [0.3, 0.4) is 0 Å². The first kappa shape index (κ1) is 17.2. The van der Waals surface area contributed by atoms with E-state index < -0.39 is 11.9 Å². The van der Waals surface area contributed by atoms with E-state index in [2.05, 4.69) is 0 Å². The van der Waals surface area contributed by atoms with E-state index in [1.165, 1.54) is 12.2 Å². The van der Waals surface area contributed by atoms with Crippen molar-refractivity contribution in [2.24, 2.45) is 0 Å². The first-order valence-corrected chi connectivity index (χ1v) is 6.76. The van der Waals surface area contributed by atoms with Crippen LogP contribution in [0.2, 0.25) is 0 Å². The van der Waals surface area contributed by atoms with Crippen LogP contribution in [0.15, 0.2) is 66.8 Å². The second-order valence-electron chi connectivity index (χ2n) is 4.24. The molecule has 0 heterocycles. The van der Waals surface area contributed by atoms with Crippen LogP contribution in [-0.4, -0.2) is 17.0 Å². The lowest BCUT2D eigenvalue weighted by Crippen LogP contribution is -2.04. The minimum atomic E-state index is -1.02. The van der Waals surface area contributed by atoms with Crippen LogP contribution < -0.4 is 4.74 Å². The van der Waals surface area contributed by atoms with Crippen molar-refractivity contribution >= 4 is 17.5 Å². The van der Waals surface area contributed by atoms with Crippen LogP contribution in [0.25, 0.3) is 5.57 Å². The van der Waals surface area contributed by atoms with E-state index in [1.54, 1.807) is 61.6 Å². The van der Waals surface area contributed by atoms with Crippen molar-refractivity contribution in [2.75, 3.05) is 0 Å². The number of carbonyl (C=O) groups is 2. The fraction of sp³-hybridized carbons (Fsp3) is 0.111. The van der Waals surface area contributed by atoms with Crippen molar-refractivity contribution < 1.29 is 19.4 Å². The van der Waals surface area contributed by atoms with E-state index in [9.17, 15) is 14.7 Å². The highest BCUT2D eigenvalue weighted by molar-refractivity contribution is 6.15. The summed E-state index contributed by atoms with van der Waals surface area (Å²) >= 11 is 0. The summed E-state index contributed by atoms with van der Waals surface area (Å²) in [6.07, 6.45) is 11.3.